The first kappa shape index (κ1) is 17.4. The maximum atomic E-state index is 2.56. The topological polar surface area (TPSA) is 9.72 Å². The average molecular weight is 372 g/mol. The van der Waals surface area contributed by atoms with E-state index in [1.54, 1.807) is 0 Å². The van der Waals surface area contributed by atoms with Crippen LogP contribution < -0.4 is 0 Å². The molecular weight excluding hydrogens is 346 g/mol. The van der Waals surface area contributed by atoms with E-state index in [-0.39, 0.29) is 0 Å². The van der Waals surface area contributed by atoms with Gasteiger partial charge in [-0.3, -0.25) is 4.90 Å². The van der Waals surface area contributed by atoms with Gasteiger partial charge in [0.05, 0.1) is 0 Å². The van der Waals surface area contributed by atoms with Gasteiger partial charge in [-0.2, -0.15) is 0 Å². The molecule has 2 heterocycles. The fourth-order valence-corrected chi connectivity index (χ4v) is 4.99. The van der Waals surface area contributed by atoms with Crippen LogP contribution in [0.4, 0.5) is 0 Å². The Bertz CT molecular complexity index is 671. The third kappa shape index (κ3) is 4.41. The smallest absolute Gasteiger partial charge is 0.0351 e. The third-order valence-electron chi connectivity index (χ3n) is 4.97. The molecule has 0 amide bonds. The predicted molar refractivity (Wildman–Crippen MR) is 108 cm³/mol. The Labute approximate surface area is 159 Å². The van der Waals surface area contributed by atoms with Crippen LogP contribution in [0.5, 0.6) is 0 Å². The molecule has 0 saturated carbocycles. The summed E-state index contributed by atoms with van der Waals surface area (Å²) in [6.45, 7) is 7.84. The van der Waals surface area contributed by atoms with E-state index in [1.165, 1.54) is 47.8 Å². The maximum absolute atomic E-state index is 2.56. The van der Waals surface area contributed by atoms with E-state index < -0.39 is 0 Å². The molecule has 2 aliphatic rings. The van der Waals surface area contributed by atoms with E-state index in [9.17, 15) is 0 Å². The van der Waals surface area contributed by atoms with Gasteiger partial charge < -0.3 is 0 Å². The monoisotopic (exact) mass is 371 g/mol. The minimum atomic E-state index is 1.04. The highest BCUT2D eigenvalue weighted by Gasteiger charge is 2.19. The molecule has 0 aliphatic carbocycles. The molecule has 0 spiro atoms. The zero-order valence-electron chi connectivity index (χ0n) is 14.7. The largest absolute Gasteiger partial charge is 0.296 e. The summed E-state index contributed by atoms with van der Waals surface area (Å²) in [6, 6.07) is 17.9. The number of hydrogen-bond donors (Lipinski definition) is 0. The van der Waals surface area contributed by atoms with Crippen molar-refractivity contribution in [3.8, 4) is 0 Å². The van der Waals surface area contributed by atoms with Crippen molar-refractivity contribution >= 4 is 23.9 Å². The molecule has 1 saturated heterocycles. The summed E-state index contributed by atoms with van der Waals surface area (Å²) < 4.78 is 4.89. The van der Waals surface area contributed by atoms with Crippen molar-refractivity contribution in [3.05, 3.63) is 65.2 Å². The molecule has 0 unspecified atom stereocenters. The molecule has 0 N–H and O–H groups in total. The number of piperazine rings is 1. The van der Waals surface area contributed by atoms with Gasteiger partial charge in [0.25, 0.3) is 0 Å². The molecule has 2 aromatic rings. The van der Waals surface area contributed by atoms with E-state index in [4.69, 9.17) is 0 Å². The predicted octanol–water partition coefficient (Wildman–Crippen LogP) is 4.11. The summed E-state index contributed by atoms with van der Waals surface area (Å²) >= 11 is 3.74. The SMILES string of the molecule is CSN1CCN(Cc2ccc(SN3Cc4ccccc4C3)cc2)CC1. The number of benzene rings is 2. The molecule has 5 heteroatoms. The highest BCUT2D eigenvalue weighted by molar-refractivity contribution is 7.97. The molecule has 3 nitrogen and oxygen atoms in total. The minimum Gasteiger partial charge on any atom is -0.296 e. The van der Waals surface area contributed by atoms with Crippen LogP contribution in [0, 0.1) is 0 Å². The van der Waals surface area contributed by atoms with Crippen molar-refractivity contribution in [3.63, 3.8) is 0 Å². The van der Waals surface area contributed by atoms with Crippen molar-refractivity contribution in [1.82, 2.24) is 13.5 Å². The third-order valence-corrected chi connectivity index (χ3v) is 6.85. The van der Waals surface area contributed by atoms with E-state index in [2.05, 4.69) is 68.3 Å². The summed E-state index contributed by atoms with van der Waals surface area (Å²) in [4.78, 5) is 3.90. The molecule has 0 aromatic heterocycles. The Hall–Kier alpha value is -0.980. The summed E-state index contributed by atoms with van der Waals surface area (Å²) in [6.07, 6.45) is 2.17. The molecule has 4 rings (SSSR count). The van der Waals surface area contributed by atoms with Gasteiger partial charge >= 0.3 is 0 Å². The molecule has 1 fully saturated rings. The van der Waals surface area contributed by atoms with Crippen molar-refractivity contribution < 1.29 is 0 Å². The Morgan fingerprint density at radius 3 is 2.04 bits per heavy atom. The lowest BCUT2D eigenvalue weighted by molar-refractivity contribution is 0.189. The normalized spacial score (nSPS) is 19.2. The van der Waals surface area contributed by atoms with Gasteiger partial charge in [-0.25, -0.2) is 8.61 Å². The van der Waals surface area contributed by atoms with Gasteiger partial charge in [-0.05, 0) is 47.0 Å². The molecule has 0 radical (unpaired) electrons. The van der Waals surface area contributed by atoms with Crippen molar-refractivity contribution in [2.75, 3.05) is 32.4 Å². The van der Waals surface area contributed by atoms with E-state index in [0.717, 1.165) is 19.6 Å². The summed E-state index contributed by atoms with van der Waals surface area (Å²) in [5, 5.41) is 0. The second kappa shape index (κ2) is 8.14. The van der Waals surface area contributed by atoms with Gasteiger partial charge in [-0.15, -0.1) is 0 Å². The van der Waals surface area contributed by atoms with Crippen LogP contribution in [-0.2, 0) is 19.6 Å². The molecule has 2 aliphatic heterocycles. The van der Waals surface area contributed by atoms with Crippen molar-refractivity contribution in [1.29, 1.82) is 0 Å². The van der Waals surface area contributed by atoms with Crippen LogP contribution >= 0.6 is 23.9 Å². The van der Waals surface area contributed by atoms with Gasteiger partial charge in [0, 0.05) is 50.7 Å². The fourth-order valence-electron chi connectivity index (χ4n) is 3.50. The molecule has 0 bridgehead atoms. The van der Waals surface area contributed by atoms with Gasteiger partial charge in [0.1, 0.15) is 0 Å². The number of hydrogen-bond acceptors (Lipinski definition) is 5. The Balaban J connectivity index is 1.29. The first-order valence-corrected chi connectivity index (χ1v) is 10.9. The summed E-state index contributed by atoms with van der Waals surface area (Å²) in [7, 11) is 0. The highest BCUT2D eigenvalue weighted by Crippen LogP contribution is 2.32. The minimum absolute atomic E-state index is 1.04. The quantitative estimate of drug-likeness (QED) is 0.730. The lowest BCUT2D eigenvalue weighted by atomic mass is 10.1. The zero-order valence-corrected chi connectivity index (χ0v) is 16.4. The van der Waals surface area contributed by atoms with Crippen molar-refractivity contribution in [2.45, 2.75) is 24.5 Å². The lowest BCUT2D eigenvalue weighted by Crippen LogP contribution is -2.42. The molecule has 132 valence electrons. The second-order valence-electron chi connectivity index (χ2n) is 6.69. The molecule has 0 atom stereocenters. The first-order chi connectivity index (χ1) is 12.3. The van der Waals surface area contributed by atoms with Crippen LogP contribution in [0.1, 0.15) is 16.7 Å². The number of fused-ring (bicyclic) bond motifs is 1. The molecular formula is C20H25N3S2. The van der Waals surface area contributed by atoms with Crippen LogP contribution in [0.25, 0.3) is 0 Å². The van der Waals surface area contributed by atoms with Crippen LogP contribution in [0.15, 0.2) is 53.4 Å². The van der Waals surface area contributed by atoms with Gasteiger partial charge in [0.2, 0.25) is 0 Å². The summed E-state index contributed by atoms with van der Waals surface area (Å²) in [5.74, 6) is 0. The van der Waals surface area contributed by atoms with Crippen LogP contribution in [-0.4, -0.2) is 45.9 Å². The van der Waals surface area contributed by atoms with E-state index in [1.807, 2.05) is 23.9 Å². The Morgan fingerprint density at radius 2 is 1.44 bits per heavy atom. The lowest BCUT2D eigenvalue weighted by Gasteiger charge is -2.33. The molecule has 25 heavy (non-hydrogen) atoms. The average Bonchev–Trinajstić information content (AvgIpc) is 3.06. The van der Waals surface area contributed by atoms with Crippen LogP contribution in [0.3, 0.4) is 0 Å². The van der Waals surface area contributed by atoms with Gasteiger partial charge in [0.15, 0.2) is 0 Å². The first-order valence-electron chi connectivity index (χ1n) is 8.90. The Kier molecular flexibility index (Phi) is 5.68. The number of rotatable bonds is 5. The Morgan fingerprint density at radius 1 is 0.800 bits per heavy atom. The summed E-state index contributed by atoms with van der Waals surface area (Å²) in [5.41, 5.74) is 4.36. The van der Waals surface area contributed by atoms with Crippen LogP contribution in [0.2, 0.25) is 0 Å². The fraction of sp³-hybridized carbons (Fsp3) is 0.400. The zero-order chi connectivity index (χ0) is 17.1. The standard InChI is InChI=1S/C20H25N3S2/c1-24-22-12-10-21(11-13-22)14-17-6-8-20(9-7-17)25-23-15-18-4-2-3-5-19(18)16-23/h2-9H,10-16H2,1H3. The van der Waals surface area contributed by atoms with E-state index in [0.29, 0.717) is 0 Å². The highest BCUT2D eigenvalue weighted by atomic mass is 32.2. The molecule has 2 aromatic carbocycles. The van der Waals surface area contributed by atoms with Crippen molar-refractivity contribution in [2.24, 2.45) is 0 Å². The second-order valence-corrected chi connectivity index (χ2v) is 8.74. The number of nitrogens with zero attached hydrogens (tertiary/aromatic N) is 3. The van der Waals surface area contributed by atoms with E-state index >= 15 is 0 Å². The maximum Gasteiger partial charge on any atom is 0.0351 e. The van der Waals surface area contributed by atoms with Gasteiger partial charge in [-0.1, -0.05) is 48.3 Å².